The van der Waals surface area contributed by atoms with E-state index >= 15 is 0 Å². The van der Waals surface area contributed by atoms with Crippen LogP contribution in [0.5, 0.6) is 0 Å². The van der Waals surface area contributed by atoms with Crippen LogP contribution >= 0.6 is 0 Å². The number of amides is 2. The van der Waals surface area contributed by atoms with Gasteiger partial charge < -0.3 is 20.5 Å². The summed E-state index contributed by atoms with van der Waals surface area (Å²) in [5.74, 6) is -0.230. The summed E-state index contributed by atoms with van der Waals surface area (Å²) in [6.07, 6.45) is 10.8. The maximum absolute atomic E-state index is 13.6. The van der Waals surface area contributed by atoms with E-state index in [0.29, 0.717) is 41.4 Å². The predicted molar refractivity (Wildman–Crippen MR) is 219 cm³/mol. The van der Waals surface area contributed by atoms with Crippen molar-refractivity contribution >= 4 is 28.5 Å². The number of hydrogen-bond donors (Lipinski definition) is 3. The lowest BCUT2D eigenvalue weighted by Crippen LogP contribution is -2.60. The summed E-state index contributed by atoms with van der Waals surface area (Å²) in [6.45, 7) is 9.50. The highest BCUT2D eigenvalue weighted by molar-refractivity contribution is 6.06. The average molecular weight is 748 g/mol. The molecule has 4 aromatic heterocycles. The van der Waals surface area contributed by atoms with Crippen LogP contribution in [-0.2, 0) is 0 Å². The van der Waals surface area contributed by atoms with Gasteiger partial charge in [-0.15, -0.1) is 0 Å². The van der Waals surface area contributed by atoms with Gasteiger partial charge in [-0.1, -0.05) is 42.5 Å². The molecule has 0 bridgehead atoms. The zero-order valence-electron chi connectivity index (χ0n) is 32.3. The zero-order chi connectivity index (χ0) is 38.6. The second kappa shape index (κ2) is 16.5. The second-order valence-corrected chi connectivity index (χ2v) is 15.1. The van der Waals surface area contributed by atoms with Gasteiger partial charge in [0.1, 0.15) is 17.7 Å². The number of pyridine rings is 2. The maximum atomic E-state index is 13.6. The van der Waals surface area contributed by atoms with E-state index in [2.05, 4.69) is 56.5 Å². The minimum absolute atomic E-state index is 0.0515. The number of hydrogen-bond acceptors (Lipinski definition) is 8. The van der Waals surface area contributed by atoms with Crippen LogP contribution in [0.25, 0.3) is 22.3 Å². The summed E-state index contributed by atoms with van der Waals surface area (Å²) < 4.78 is 0. The first kappa shape index (κ1) is 37.2. The van der Waals surface area contributed by atoms with Gasteiger partial charge in [0.05, 0.1) is 29.2 Å². The van der Waals surface area contributed by atoms with Crippen molar-refractivity contribution in [3.63, 3.8) is 0 Å². The first-order valence-corrected chi connectivity index (χ1v) is 19.8. The van der Waals surface area contributed by atoms with Gasteiger partial charge in [-0.05, 0) is 119 Å². The summed E-state index contributed by atoms with van der Waals surface area (Å²) in [7, 11) is 0. The number of aryl methyl sites for hydroxylation is 2. The highest BCUT2D eigenvalue weighted by Gasteiger charge is 2.35. The van der Waals surface area contributed by atoms with E-state index in [1.54, 1.807) is 12.1 Å². The van der Waals surface area contributed by atoms with Gasteiger partial charge in [-0.2, -0.15) is 0 Å². The number of rotatable bonds is 12. The van der Waals surface area contributed by atoms with Gasteiger partial charge in [-0.25, -0.2) is 9.97 Å². The molecule has 0 saturated carbocycles. The Balaban J connectivity index is 0.867. The Morgan fingerprint density at radius 1 is 0.804 bits per heavy atom. The number of carbonyl (C=O) groups excluding carboxylic acids is 2. The van der Waals surface area contributed by atoms with Crippen LogP contribution < -0.4 is 10.6 Å². The van der Waals surface area contributed by atoms with Crippen LogP contribution in [0.3, 0.4) is 0 Å². The molecule has 0 aliphatic carbocycles. The third-order valence-corrected chi connectivity index (χ3v) is 11.5. The fourth-order valence-corrected chi connectivity index (χ4v) is 8.40. The fourth-order valence-electron chi connectivity index (χ4n) is 8.40. The van der Waals surface area contributed by atoms with Crippen LogP contribution in [-0.4, -0.2) is 78.8 Å². The molecule has 8 rings (SSSR count). The summed E-state index contributed by atoms with van der Waals surface area (Å²) in [5, 5.41) is 7.48. The lowest BCUT2D eigenvalue weighted by atomic mass is 9.88. The van der Waals surface area contributed by atoms with Crippen molar-refractivity contribution < 1.29 is 9.59 Å². The monoisotopic (exact) mass is 747 g/mol. The molecule has 2 atom stereocenters. The summed E-state index contributed by atoms with van der Waals surface area (Å²) in [4.78, 5) is 53.1. The quantitative estimate of drug-likeness (QED) is 0.108. The van der Waals surface area contributed by atoms with Crippen molar-refractivity contribution in [3.05, 3.63) is 137 Å². The Kier molecular flexibility index (Phi) is 11.0. The number of aromatic amines is 1. The smallest absolute Gasteiger partial charge is 0.270 e. The highest BCUT2D eigenvalue weighted by atomic mass is 16.2. The minimum Gasteiger partial charge on any atom is -0.335 e. The van der Waals surface area contributed by atoms with Crippen LogP contribution in [0, 0.1) is 20.8 Å². The molecule has 2 amide bonds. The summed E-state index contributed by atoms with van der Waals surface area (Å²) in [5.41, 5.74) is 9.70. The van der Waals surface area contributed by atoms with Gasteiger partial charge in [0.15, 0.2) is 0 Å². The molecule has 2 aliphatic heterocycles. The lowest BCUT2D eigenvalue weighted by molar-refractivity contribution is 0.0559. The number of carbonyl (C=O) groups is 2. The first-order valence-electron chi connectivity index (χ1n) is 19.8. The van der Waals surface area contributed by atoms with Crippen molar-refractivity contribution in [2.24, 2.45) is 0 Å². The number of benzene rings is 2. The van der Waals surface area contributed by atoms with Gasteiger partial charge in [0.25, 0.3) is 11.8 Å². The van der Waals surface area contributed by atoms with Crippen molar-refractivity contribution in [1.29, 1.82) is 0 Å². The molecule has 0 spiro atoms. The van der Waals surface area contributed by atoms with E-state index in [1.165, 1.54) is 28.8 Å². The third kappa shape index (κ3) is 7.69. The Hall–Kier alpha value is -5.78. The van der Waals surface area contributed by atoms with Crippen molar-refractivity contribution in [2.45, 2.75) is 71.0 Å². The normalized spacial score (nSPS) is 17.5. The van der Waals surface area contributed by atoms with Crippen molar-refractivity contribution in [2.75, 3.05) is 31.5 Å². The van der Waals surface area contributed by atoms with Crippen LogP contribution in [0.15, 0.2) is 97.6 Å². The van der Waals surface area contributed by atoms with Crippen LogP contribution in [0.1, 0.15) is 93.1 Å². The number of nitrogens with zero attached hydrogens (tertiary/aromatic N) is 6. The molecule has 3 N–H and O–H groups in total. The zero-order valence-corrected chi connectivity index (χ0v) is 32.3. The van der Waals surface area contributed by atoms with Crippen molar-refractivity contribution in [3.8, 4) is 11.3 Å². The Morgan fingerprint density at radius 3 is 2.21 bits per heavy atom. The summed E-state index contributed by atoms with van der Waals surface area (Å²) in [6, 6.07) is 26.0. The highest BCUT2D eigenvalue weighted by Crippen LogP contribution is 2.42. The van der Waals surface area contributed by atoms with Gasteiger partial charge in [0, 0.05) is 53.7 Å². The van der Waals surface area contributed by atoms with Gasteiger partial charge >= 0.3 is 0 Å². The molecule has 2 saturated heterocycles. The topological polar surface area (TPSA) is 132 Å². The largest absolute Gasteiger partial charge is 0.335 e. The third-order valence-electron chi connectivity index (χ3n) is 11.5. The number of fused-ring (bicyclic) bond motifs is 1. The first-order chi connectivity index (χ1) is 27.4. The molecule has 2 aromatic carbocycles. The second-order valence-electron chi connectivity index (χ2n) is 15.1. The van der Waals surface area contributed by atoms with E-state index in [9.17, 15) is 9.59 Å². The molecular weight excluding hydrogens is 699 g/mol. The molecule has 2 aliphatic rings. The number of anilines is 1. The molecule has 286 valence electrons. The summed E-state index contributed by atoms with van der Waals surface area (Å²) >= 11 is 0. The maximum Gasteiger partial charge on any atom is 0.270 e. The molecule has 11 heteroatoms. The van der Waals surface area contributed by atoms with Gasteiger partial charge in [0.2, 0.25) is 0 Å². The molecule has 6 heterocycles. The lowest BCUT2D eigenvalue weighted by Gasteiger charge is -2.42. The number of unbranched alkanes of at least 4 members (excludes halogenated alkanes) is 1. The Bertz CT molecular complexity index is 2280. The van der Waals surface area contributed by atoms with Gasteiger partial charge in [-0.3, -0.25) is 24.5 Å². The Labute approximate surface area is 328 Å². The van der Waals surface area contributed by atoms with Crippen LogP contribution in [0.4, 0.5) is 5.69 Å². The molecular formula is C45H49N9O2. The van der Waals surface area contributed by atoms with E-state index in [4.69, 9.17) is 9.97 Å². The van der Waals surface area contributed by atoms with E-state index in [0.717, 1.165) is 61.7 Å². The SMILES string of the molecule is Cc1cccnc1[C@H]1CCC[C@@H](c2ncccc2C)N1CCCCNC1CN(C(=O)c2cc3c(-c4cccc(NC(=O)c5ccccc5)c4C)ncnc3[nH]2)C1. The van der Waals surface area contributed by atoms with Crippen molar-refractivity contribution in [1.82, 2.24) is 40.0 Å². The fraction of sp³-hybridized carbons (Fsp3) is 0.333. The molecule has 0 radical (unpaired) electrons. The molecule has 0 unspecified atom stereocenters. The number of aromatic nitrogens is 5. The minimum atomic E-state index is -0.178. The standard InChI is InChI=1S/C45H49N9O2/c1-29-13-11-22-47-40(29)38-19-10-20-39(41-30(2)14-12-23-48-41)54(38)24-8-7-21-46-33-26-53(27-33)45(56)37-25-35-42(49-28-50-43(35)51-37)34-17-9-18-36(31(34)3)52-44(55)32-15-5-4-6-16-32/h4-6,9,11-18,22-23,25,28,33,38-39,46H,7-8,10,19-21,24,26-27H2,1-3H3,(H,52,55)(H,49,50,51)/t38-,39+. The number of piperidine rings is 1. The van der Waals surface area contributed by atoms with E-state index in [-0.39, 0.29) is 29.9 Å². The molecule has 6 aromatic rings. The predicted octanol–water partition coefficient (Wildman–Crippen LogP) is 7.76. The van der Waals surface area contributed by atoms with E-state index in [1.807, 2.05) is 78.8 Å². The number of nitrogens with one attached hydrogen (secondary N) is 3. The van der Waals surface area contributed by atoms with E-state index < -0.39 is 0 Å². The van der Waals surface area contributed by atoms with Crippen LogP contribution in [0.2, 0.25) is 0 Å². The molecule has 56 heavy (non-hydrogen) atoms. The average Bonchev–Trinajstić information content (AvgIpc) is 3.65. The number of H-pyrrole nitrogens is 1. The molecule has 11 nitrogen and oxygen atoms in total. The molecule has 2 fully saturated rings. The Morgan fingerprint density at radius 2 is 1.52 bits per heavy atom. The number of likely N-dealkylation sites (tertiary alicyclic amines) is 2.